The number of hydrogen-bond acceptors (Lipinski definition) is 4. The molecule has 2 aromatic carbocycles. The van der Waals surface area contributed by atoms with Crippen molar-refractivity contribution in [2.75, 3.05) is 16.4 Å². The zero-order chi connectivity index (χ0) is 20.8. The Labute approximate surface area is 167 Å². The average Bonchev–Trinajstić information content (AvgIpc) is 2.71. The number of anilines is 3. The molecule has 0 aliphatic heterocycles. The van der Waals surface area contributed by atoms with Gasteiger partial charge >= 0.3 is 6.03 Å². The van der Waals surface area contributed by atoms with Crippen LogP contribution in [0.5, 0.6) is 0 Å². The lowest BCUT2D eigenvalue weighted by Crippen LogP contribution is -2.31. The number of aromatic nitrogens is 1. The van der Waals surface area contributed by atoms with E-state index >= 15 is 0 Å². The summed E-state index contributed by atoms with van der Waals surface area (Å²) < 4.78 is 13.3. The number of pyridine rings is 1. The van der Waals surface area contributed by atoms with E-state index in [1.54, 1.807) is 48.8 Å². The smallest absolute Gasteiger partial charge is 0.319 e. The number of carbonyl (C=O) groups excluding carboxylic acids is 2. The van der Waals surface area contributed by atoms with Gasteiger partial charge in [-0.15, -0.1) is 0 Å². The fourth-order valence-corrected chi connectivity index (χ4v) is 2.64. The van der Waals surface area contributed by atoms with Crippen molar-refractivity contribution >= 4 is 29.0 Å². The summed E-state index contributed by atoms with van der Waals surface area (Å²) >= 11 is 0. The molecule has 3 rings (SSSR count). The van der Waals surface area contributed by atoms with Crippen molar-refractivity contribution in [2.24, 2.45) is 0 Å². The lowest BCUT2D eigenvalue weighted by Gasteiger charge is -2.15. The Hall–Kier alpha value is -3.94. The van der Waals surface area contributed by atoms with Gasteiger partial charge in [-0.2, -0.15) is 0 Å². The first-order chi connectivity index (χ1) is 13.9. The van der Waals surface area contributed by atoms with Gasteiger partial charge in [0.25, 0.3) is 5.91 Å². The van der Waals surface area contributed by atoms with Crippen LogP contribution in [0.1, 0.15) is 28.9 Å². The Kier molecular flexibility index (Phi) is 6.03. The summed E-state index contributed by atoms with van der Waals surface area (Å²) in [6, 6.07) is 13.3. The fraction of sp³-hybridized carbons (Fsp3) is 0.0952. The third kappa shape index (κ3) is 5.29. The minimum atomic E-state index is -0.491. The maximum absolute atomic E-state index is 13.3. The summed E-state index contributed by atoms with van der Waals surface area (Å²) in [5, 5.41) is 8.09. The van der Waals surface area contributed by atoms with Crippen molar-refractivity contribution in [3.8, 4) is 0 Å². The number of halogens is 1. The second kappa shape index (κ2) is 8.83. The molecule has 1 atom stereocenters. The summed E-state index contributed by atoms with van der Waals surface area (Å²) in [5.41, 5.74) is 8.01. The molecule has 0 saturated heterocycles. The monoisotopic (exact) mass is 393 g/mol. The molecular weight excluding hydrogens is 373 g/mol. The van der Waals surface area contributed by atoms with Gasteiger partial charge in [0.2, 0.25) is 0 Å². The second-order valence-electron chi connectivity index (χ2n) is 6.37. The number of nitrogens with zero attached hydrogens (tertiary/aromatic N) is 1. The van der Waals surface area contributed by atoms with Gasteiger partial charge in [-0.1, -0.05) is 12.1 Å². The van der Waals surface area contributed by atoms with Gasteiger partial charge in [-0.25, -0.2) is 9.18 Å². The van der Waals surface area contributed by atoms with Gasteiger partial charge in [-0.3, -0.25) is 9.78 Å². The van der Waals surface area contributed by atoms with Crippen LogP contribution in [0, 0.1) is 5.82 Å². The van der Waals surface area contributed by atoms with Crippen LogP contribution in [0.3, 0.4) is 0 Å². The van der Waals surface area contributed by atoms with Crippen molar-refractivity contribution in [2.45, 2.75) is 13.0 Å². The number of benzene rings is 2. The molecule has 0 bridgehead atoms. The number of nitrogen functional groups attached to an aromatic ring is 1. The van der Waals surface area contributed by atoms with Gasteiger partial charge in [0.15, 0.2) is 0 Å². The van der Waals surface area contributed by atoms with E-state index in [-0.39, 0.29) is 23.4 Å². The Morgan fingerprint density at radius 1 is 1.07 bits per heavy atom. The fourth-order valence-electron chi connectivity index (χ4n) is 2.64. The molecule has 1 unspecified atom stereocenters. The summed E-state index contributed by atoms with van der Waals surface area (Å²) in [6.07, 6.45) is 3.16. The van der Waals surface area contributed by atoms with Crippen LogP contribution in [0.15, 0.2) is 67.0 Å². The van der Waals surface area contributed by atoms with Crippen LogP contribution in [-0.2, 0) is 0 Å². The number of rotatable bonds is 5. The number of carbonyl (C=O) groups is 2. The molecular formula is C21H20FN5O2. The highest BCUT2D eigenvalue weighted by molar-refractivity contribution is 6.05. The van der Waals surface area contributed by atoms with E-state index in [2.05, 4.69) is 20.9 Å². The van der Waals surface area contributed by atoms with Crippen LogP contribution in [0.25, 0.3) is 0 Å². The number of amides is 3. The minimum Gasteiger partial charge on any atom is -0.397 e. The predicted molar refractivity (Wildman–Crippen MR) is 110 cm³/mol. The number of hydrogen-bond donors (Lipinski definition) is 4. The number of nitrogens with one attached hydrogen (secondary N) is 3. The van der Waals surface area contributed by atoms with Gasteiger partial charge in [0, 0.05) is 11.8 Å². The lowest BCUT2D eigenvalue weighted by molar-refractivity contribution is 0.102. The lowest BCUT2D eigenvalue weighted by atomic mass is 10.1. The topological polar surface area (TPSA) is 109 Å². The number of nitrogens with two attached hydrogens (primary N) is 1. The summed E-state index contributed by atoms with van der Waals surface area (Å²) in [5.74, 6) is -0.905. The highest BCUT2D eigenvalue weighted by Crippen LogP contribution is 2.21. The van der Waals surface area contributed by atoms with E-state index in [0.717, 1.165) is 11.6 Å². The summed E-state index contributed by atoms with van der Waals surface area (Å²) in [4.78, 5) is 28.4. The molecule has 0 spiro atoms. The molecule has 7 nitrogen and oxygen atoms in total. The molecule has 3 aromatic rings. The summed E-state index contributed by atoms with van der Waals surface area (Å²) in [6.45, 7) is 1.82. The maximum atomic E-state index is 13.3. The molecule has 5 N–H and O–H groups in total. The average molecular weight is 393 g/mol. The first-order valence-electron chi connectivity index (χ1n) is 8.86. The SMILES string of the molecule is CC(NC(=O)Nc1cccnc1)c1ccc(C(=O)Nc2cc(F)ccc2N)cc1. The van der Waals surface area contributed by atoms with Crippen LogP contribution in [-0.4, -0.2) is 16.9 Å². The van der Waals surface area contributed by atoms with Crippen LogP contribution in [0.2, 0.25) is 0 Å². The Bertz CT molecular complexity index is 1010. The molecule has 0 saturated carbocycles. The minimum absolute atomic E-state index is 0.209. The highest BCUT2D eigenvalue weighted by atomic mass is 19.1. The molecule has 0 aliphatic rings. The zero-order valence-electron chi connectivity index (χ0n) is 15.6. The molecule has 0 radical (unpaired) electrons. The second-order valence-corrected chi connectivity index (χ2v) is 6.37. The Morgan fingerprint density at radius 2 is 1.83 bits per heavy atom. The number of urea groups is 1. The van der Waals surface area contributed by atoms with E-state index in [9.17, 15) is 14.0 Å². The van der Waals surface area contributed by atoms with Crippen molar-refractivity contribution < 1.29 is 14.0 Å². The normalized spacial score (nSPS) is 11.4. The maximum Gasteiger partial charge on any atom is 0.319 e. The first kappa shape index (κ1) is 19.8. The zero-order valence-corrected chi connectivity index (χ0v) is 15.6. The van der Waals surface area contributed by atoms with E-state index in [1.807, 2.05) is 6.92 Å². The first-order valence-corrected chi connectivity index (χ1v) is 8.86. The molecule has 29 heavy (non-hydrogen) atoms. The van der Waals surface area contributed by atoms with Crippen molar-refractivity contribution in [3.05, 3.63) is 83.9 Å². The van der Waals surface area contributed by atoms with Crippen LogP contribution < -0.4 is 21.7 Å². The highest BCUT2D eigenvalue weighted by Gasteiger charge is 2.12. The van der Waals surface area contributed by atoms with E-state index < -0.39 is 11.7 Å². The van der Waals surface area contributed by atoms with Gasteiger partial charge in [-0.05, 0) is 55.0 Å². The van der Waals surface area contributed by atoms with Crippen molar-refractivity contribution in [1.82, 2.24) is 10.3 Å². The van der Waals surface area contributed by atoms with Gasteiger partial charge in [0.1, 0.15) is 5.82 Å². The molecule has 1 aromatic heterocycles. The largest absolute Gasteiger partial charge is 0.397 e. The Balaban J connectivity index is 1.60. The van der Waals surface area contributed by atoms with Crippen LogP contribution in [0.4, 0.5) is 26.2 Å². The van der Waals surface area contributed by atoms with Crippen molar-refractivity contribution in [3.63, 3.8) is 0 Å². The van der Waals surface area contributed by atoms with Crippen molar-refractivity contribution in [1.29, 1.82) is 0 Å². The van der Waals surface area contributed by atoms with E-state index in [4.69, 9.17) is 5.73 Å². The van der Waals surface area contributed by atoms with E-state index in [0.29, 0.717) is 11.3 Å². The predicted octanol–water partition coefficient (Wildman–Crippen LogP) is 3.94. The quantitative estimate of drug-likeness (QED) is 0.492. The van der Waals surface area contributed by atoms with Gasteiger partial charge < -0.3 is 21.7 Å². The third-order valence-electron chi connectivity index (χ3n) is 4.20. The molecule has 3 amide bonds. The third-order valence-corrected chi connectivity index (χ3v) is 4.20. The molecule has 0 aliphatic carbocycles. The van der Waals surface area contributed by atoms with E-state index in [1.165, 1.54) is 12.1 Å². The standard InChI is InChI=1S/C21H20FN5O2/c1-13(25-21(29)26-17-3-2-10-24-12-17)14-4-6-15(7-5-14)20(28)27-19-11-16(22)8-9-18(19)23/h2-13H,23H2,1H3,(H,27,28)(H2,25,26,29). The van der Waals surface area contributed by atoms with Crippen LogP contribution >= 0.6 is 0 Å². The summed E-state index contributed by atoms with van der Waals surface area (Å²) in [7, 11) is 0. The molecule has 0 fully saturated rings. The molecule has 1 heterocycles. The molecule has 8 heteroatoms. The Morgan fingerprint density at radius 3 is 2.52 bits per heavy atom. The van der Waals surface area contributed by atoms with Gasteiger partial charge in [0.05, 0.1) is 29.3 Å². The molecule has 148 valence electrons.